The van der Waals surface area contributed by atoms with Crippen molar-refractivity contribution in [1.29, 1.82) is 0 Å². The van der Waals surface area contributed by atoms with Crippen LogP contribution in [0.4, 0.5) is 14.5 Å². The van der Waals surface area contributed by atoms with Gasteiger partial charge in [-0.1, -0.05) is 26.0 Å². The highest BCUT2D eigenvalue weighted by molar-refractivity contribution is 7.92. The number of rotatable bonds is 11. The Morgan fingerprint density at radius 1 is 0.881 bits per heavy atom. The minimum atomic E-state index is -4.40. The number of nitrogens with one attached hydrogen (secondary N) is 1. The fourth-order valence-electron chi connectivity index (χ4n) is 4.27. The first-order chi connectivity index (χ1) is 20.0. The van der Waals surface area contributed by atoms with Crippen molar-refractivity contribution in [3.8, 4) is 11.5 Å². The number of amides is 2. The van der Waals surface area contributed by atoms with Gasteiger partial charge >= 0.3 is 0 Å². The van der Waals surface area contributed by atoms with Gasteiger partial charge in [0.05, 0.1) is 10.6 Å². The SMILES string of the molecule is CC(C)CNC(=O)[C@H](C)N(Cc1ccc(F)cc1)C(=O)CN(c1ccc(F)cc1)S(=O)(=O)c1ccc2c(c1)OCCO2. The van der Waals surface area contributed by atoms with Crippen LogP contribution in [0.3, 0.4) is 0 Å². The van der Waals surface area contributed by atoms with Crippen LogP contribution in [0, 0.1) is 17.6 Å². The van der Waals surface area contributed by atoms with E-state index in [4.69, 9.17) is 9.47 Å². The first-order valence-corrected chi connectivity index (χ1v) is 14.9. The summed E-state index contributed by atoms with van der Waals surface area (Å²) in [7, 11) is -4.40. The zero-order valence-electron chi connectivity index (χ0n) is 23.5. The molecule has 12 heteroatoms. The molecule has 42 heavy (non-hydrogen) atoms. The molecule has 0 bridgehead atoms. The van der Waals surface area contributed by atoms with E-state index in [0.29, 0.717) is 24.5 Å². The molecule has 1 atom stereocenters. The van der Waals surface area contributed by atoms with Crippen LogP contribution in [0.1, 0.15) is 26.3 Å². The van der Waals surface area contributed by atoms with Gasteiger partial charge in [0.15, 0.2) is 11.5 Å². The van der Waals surface area contributed by atoms with Crippen LogP contribution in [0.5, 0.6) is 11.5 Å². The zero-order valence-corrected chi connectivity index (χ0v) is 24.4. The summed E-state index contributed by atoms with van der Waals surface area (Å²) < 4.78 is 67.2. The van der Waals surface area contributed by atoms with Gasteiger partial charge in [-0.15, -0.1) is 0 Å². The lowest BCUT2D eigenvalue weighted by Gasteiger charge is -2.32. The largest absolute Gasteiger partial charge is 0.486 e. The number of anilines is 1. The number of fused-ring (bicyclic) bond motifs is 1. The summed E-state index contributed by atoms with van der Waals surface area (Å²) >= 11 is 0. The summed E-state index contributed by atoms with van der Waals surface area (Å²) in [6.07, 6.45) is 0. The average Bonchev–Trinajstić information content (AvgIpc) is 2.98. The second-order valence-corrected chi connectivity index (χ2v) is 12.1. The van der Waals surface area contributed by atoms with E-state index in [1.54, 1.807) is 0 Å². The fourth-order valence-corrected chi connectivity index (χ4v) is 5.70. The highest BCUT2D eigenvalue weighted by Gasteiger charge is 2.33. The Balaban J connectivity index is 1.70. The molecule has 0 aliphatic carbocycles. The standard InChI is InChI=1S/C30H33F2N3O6S/c1-20(2)17-33-30(37)21(3)34(18-22-4-6-23(31)7-5-22)29(36)19-35(25-10-8-24(32)9-11-25)42(38,39)26-12-13-27-28(16-26)41-15-14-40-27/h4-13,16,20-21H,14-15,17-19H2,1-3H3,(H,33,37)/t21-/m0/s1. The van der Waals surface area contributed by atoms with Gasteiger partial charge in [-0.25, -0.2) is 17.2 Å². The number of carbonyl (C=O) groups is 2. The van der Waals surface area contributed by atoms with Gasteiger partial charge in [0, 0.05) is 19.2 Å². The molecule has 0 saturated heterocycles. The maximum Gasteiger partial charge on any atom is 0.264 e. The van der Waals surface area contributed by atoms with Crippen molar-refractivity contribution >= 4 is 27.5 Å². The van der Waals surface area contributed by atoms with Gasteiger partial charge in [-0.05, 0) is 66.9 Å². The third kappa shape index (κ3) is 7.35. The average molecular weight is 602 g/mol. The molecule has 3 aromatic rings. The van der Waals surface area contributed by atoms with Crippen molar-refractivity contribution in [2.24, 2.45) is 5.92 Å². The Morgan fingerprint density at radius 3 is 2.10 bits per heavy atom. The number of carbonyl (C=O) groups excluding carboxylic acids is 2. The van der Waals surface area contributed by atoms with Crippen molar-refractivity contribution in [2.75, 3.05) is 30.6 Å². The van der Waals surface area contributed by atoms with E-state index in [-0.39, 0.29) is 35.4 Å². The molecule has 1 N–H and O–H groups in total. The van der Waals surface area contributed by atoms with Gasteiger partial charge in [-0.2, -0.15) is 0 Å². The summed E-state index contributed by atoms with van der Waals surface area (Å²) in [5.41, 5.74) is 0.578. The van der Waals surface area contributed by atoms with Crippen molar-refractivity contribution < 1.29 is 36.3 Å². The van der Waals surface area contributed by atoms with Crippen LogP contribution < -0.4 is 19.1 Å². The molecular formula is C30H33F2N3O6S. The lowest BCUT2D eigenvalue weighted by Crippen LogP contribution is -2.51. The number of hydrogen-bond donors (Lipinski definition) is 1. The van der Waals surface area contributed by atoms with E-state index in [1.807, 2.05) is 13.8 Å². The summed E-state index contributed by atoms with van der Waals surface area (Å²) in [5.74, 6) is -1.40. The maximum absolute atomic E-state index is 14.0. The van der Waals surface area contributed by atoms with Crippen LogP contribution in [-0.2, 0) is 26.2 Å². The Morgan fingerprint density at radius 2 is 1.48 bits per heavy atom. The summed E-state index contributed by atoms with van der Waals surface area (Å²) in [4.78, 5) is 28.0. The van der Waals surface area contributed by atoms with Crippen molar-refractivity contribution in [1.82, 2.24) is 10.2 Å². The predicted octanol–water partition coefficient (Wildman–Crippen LogP) is 4.12. The fraction of sp³-hybridized carbons (Fsp3) is 0.333. The third-order valence-corrected chi connectivity index (χ3v) is 8.38. The Hall–Kier alpha value is -4.19. The summed E-state index contributed by atoms with van der Waals surface area (Å²) in [6.45, 7) is 5.54. The Kier molecular flexibility index (Phi) is 9.66. The molecule has 224 valence electrons. The molecule has 4 rings (SSSR count). The van der Waals surface area contributed by atoms with Crippen LogP contribution in [0.15, 0.2) is 71.6 Å². The van der Waals surface area contributed by atoms with Crippen LogP contribution in [0.25, 0.3) is 0 Å². The number of ether oxygens (including phenoxy) is 2. The number of halogens is 2. The van der Waals surface area contributed by atoms with Gasteiger partial charge in [0.25, 0.3) is 10.0 Å². The molecule has 0 fully saturated rings. The maximum atomic E-state index is 14.0. The Bertz CT molecular complexity index is 1510. The van der Waals surface area contributed by atoms with E-state index in [2.05, 4.69) is 5.32 Å². The van der Waals surface area contributed by atoms with Gasteiger partial charge in [0.1, 0.15) is 37.4 Å². The lowest BCUT2D eigenvalue weighted by atomic mass is 10.1. The van der Waals surface area contributed by atoms with Crippen LogP contribution in [0.2, 0.25) is 0 Å². The highest BCUT2D eigenvalue weighted by atomic mass is 32.2. The van der Waals surface area contributed by atoms with E-state index in [1.165, 1.54) is 66.4 Å². The van der Waals surface area contributed by atoms with Crippen LogP contribution in [-0.4, -0.2) is 57.5 Å². The number of nitrogens with zero attached hydrogens (tertiary/aromatic N) is 2. The van der Waals surface area contributed by atoms with Crippen molar-refractivity contribution in [3.05, 3.63) is 83.9 Å². The molecule has 3 aromatic carbocycles. The molecule has 0 saturated carbocycles. The molecule has 0 spiro atoms. The van der Waals surface area contributed by atoms with E-state index >= 15 is 0 Å². The highest BCUT2D eigenvalue weighted by Crippen LogP contribution is 2.34. The van der Waals surface area contributed by atoms with Gasteiger partial charge in [0.2, 0.25) is 11.8 Å². The normalized spacial score (nSPS) is 13.4. The number of hydrogen-bond acceptors (Lipinski definition) is 6. The minimum absolute atomic E-state index is 0.0401. The molecule has 0 aromatic heterocycles. The minimum Gasteiger partial charge on any atom is -0.486 e. The molecule has 0 unspecified atom stereocenters. The van der Waals surface area contributed by atoms with E-state index in [9.17, 15) is 26.8 Å². The van der Waals surface area contributed by atoms with Gasteiger partial charge < -0.3 is 19.7 Å². The predicted molar refractivity (Wildman–Crippen MR) is 153 cm³/mol. The van der Waals surface area contributed by atoms with Crippen molar-refractivity contribution in [3.63, 3.8) is 0 Å². The smallest absolute Gasteiger partial charge is 0.264 e. The quantitative estimate of drug-likeness (QED) is 0.355. The van der Waals surface area contributed by atoms with Gasteiger partial charge in [-0.3, -0.25) is 13.9 Å². The van der Waals surface area contributed by atoms with Crippen molar-refractivity contribution in [2.45, 2.75) is 38.3 Å². The Labute approximate surface area is 244 Å². The zero-order chi connectivity index (χ0) is 30.4. The van der Waals surface area contributed by atoms with E-state index < -0.39 is 46.1 Å². The van der Waals surface area contributed by atoms with Crippen LogP contribution >= 0.6 is 0 Å². The third-order valence-electron chi connectivity index (χ3n) is 6.61. The number of benzene rings is 3. The summed E-state index contributed by atoms with van der Waals surface area (Å²) in [5, 5.41) is 2.80. The summed E-state index contributed by atoms with van der Waals surface area (Å²) in [6, 6.07) is 13.2. The molecule has 9 nitrogen and oxygen atoms in total. The first-order valence-electron chi connectivity index (χ1n) is 13.5. The van der Waals surface area contributed by atoms with E-state index in [0.717, 1.165) is 16.4 Å². The molecule has 0 radical (unpaired) electrons. The number of sulfonamides is 1. The second-order valence-electron chi connectivity index (χ2n) is 10.3. The molecule has 1 heterocycles. The first kappa shape index (κ1) is 30.8. The molecule has 1 aliphatic rings. The topological polar surface area (TPSA) is 105 Å². The molecule has 1 aliphatic heterocycles. The lowest BCUT2D eigenvalue weighted by molar-refractivity contribution is -0.139. The molecule has 2 amide bonds. The molecular weight excluding hydrogens is 568 g/mol. The second kappa shape index (κ2) is 13.2. The monoisotopic (exact) mass is 601 g/mol.